The molecule has 0 unspecified atom stereocenters. The zero-order valence-electron chi connectivity index (χ0n) is 13.1. The molecular formula is C16H13ClN4O4S. The van der Waals surface area contributed by atoms with Crippen LogP contribution in [-0.4, -0.2) is 29.3 Å². The average molecular weight is 393 g/mol. The lowest BCUT2D eigenvalue weighted by Crippen LogP contribution is -2.15. The number of nitrogen functional groups attached to an aromatic ring is 1. The van der Waals surface area contributed by atoms with Crippen molar-refractivity contribution in [1.29, 1.82) is 0 Å². The van der Waals surface area contributed by atoms with Gasteiger partial charge in [-0.15, -0.1) is 0 Å². The summed E-state index contributed by atoms with van der Waals surface area (Å²) in [5, 5.41) is 13.8. The third kappa shape index (κ3) is 3.63. The minimum Gasteiger partial charge on any atom is -0.478 e. The molecule has 0 saturated carbocycles. The van der Waals surface area contributed by atoms with E-state index in [4.69, 9.17) is 17.3 Å². The molecule has 1 aromatic heterocycles. The third-order valence-electron chi connectivity index (χ3n) is 3.48. The van der Waals surface area contributed by atoms with Gasteiger partial charge in [0.15, 0.2) is 0 Å². The molecule has 3 rings (SSSR count). The maximum Gasteiger partial charge on any atom is 0.337 e. The van der Waals surface area contributed by atoms with Crippen LogP contribution in [0.4, 0.5) is 11.4 Å². The van der Waals surface area contributed by atoms with Crippen molar-refractivity contribution in [2.45, 2.75) is 4.90 Å². The number of nitrogens with two attached hydrogens (primary N) is 1. The summed E-state index contributed by atoms with van der Waals surface area (Å²) in [4.78, 5) is 11.2. The van der Waals surface area contributed by atoms with E-state index in [0.717, 1.165) is 6.20 Å². The lowest BCUT2D eigenvalue weighted by Gasteiger charge is -2.10. The highest BCUT2D eigenvalue weighted by Crippen LogP contribution is 2.23. The Hall–Kier alpha value is -3.04. The second kappa shape index (κ2) is 6.70. The van der Waals surface area contributed by atoms with Gasteiger partial charge in [0.2, 0.25) is 0 Å². The first-order valence-electron chi connectivity index (χ1n) is 7.22. The Bertz CT molecular complexity index is 1080. The van der Waals surface area contributed by atoms with E-state index < -0.39 is 16.0 Å². The van der Waals surface area contributed by atoms with Gasteiger partial charge in [0.05, 0.1) is 29.3 Å². The SMILES string of the molecule is Nc1ccc(NS(=O)(=O)c2cnn(-c3ccc(Cl)cc3)c2)c(C(=O)O)c1. The molecule has 0 aliphatic heterocycles. The summed E-state index contributed by atoms with van der Waals surface area (Å²) in [7, 11) is -4.04. The molecule has 0 aliphatic rings. The normalized spacial score (nSPS) is 11.3. The molecule has 0 radical (unpaired) electrons. The van der Waals surface area contributed by atoms with Crippen LogP contribution >= 0.6 is 11.6 Å². The van der Waals surface area contributed by atoms with Crippen molar-refractivity contribution < 1.29 is 18.3 Å². The van der Waals surface area contributed by atoms with Crippen molar-refractivity contribution in [3.8, 4) is 5.69 Å². The van der Waals surface area contributed by atoms with Crippen LogP contribution < -0.4 is 10.5 Å². The number of benzene rings is 2. The Morgan fingerprint density at radius 3 is 2.54 bits per heavy atom. The number of rotatable bonds is 5. The number of carboxylic acid groups (broad SMARTS) is 1. The van der Waals surface area contributed by atoms with Crippen LogP contribution in [0.1, 0.15) is 10.4 Å². The van der Waals surface area contributed by atoms with Gasteiger partial charge in [-0.05, 0) is 42.5 Å². The summed E-state index contributed by atoms with van der Waals surface area (Å²) in [6.07, 6.45) is 2.47. The molecule has 4 N–H and O–H groups in total. The van der Waals surface area contributed by atoms with Crippen LogP contribution in [0.3, 0.4) is 0 Å². The Morgan fingerprint density at radius 1 is 1.19 bits per heavy atom. The Kier molecular flexibility index (Phi) is 4.58. The maximum atomic E-state index is 12.6. The van der Waals surface area contributed by atoms with Gasteiger partial charge in [-0.2, -0.15) is 5.10 Å². The fourth-order valence-corrected chi connectivity index (χ4v) is 3.35. The quantitative estimate of drug-likeness (QED) is 0.572. The van der Waals surface area contributed by atoms with E-state index in [1.807, 2.05) is 0 Å². The Labute approximate surface area is 153 Å². The summed E-state index contributed by atoms with van der Waals surface area (Å²) >= 11 is 5.83. The predicted octanol–water partition coefficient (Wildman–Crippen LogP) is 2.61. The van der Waals surface area contributed by atoms with E-state index >= 15 is 0 Å². The number of carboxylic acids is 1. The molecule has 0 spiro atoms. The number of nitrogens with one attached hydrogen (secondary N) is 1. The number of aromatic carboxylic acids is 1. The van der Waals surface area contributed by atoms with Crippen molar-refractivity contribution in [2.24, 2.45) is 0 Å². The molecule has 134 valence electrons. The highest BCUT2D eigenvalue weighted by atomic mass is 35.5. The van der Waals surface area contributed by atoms with Crippen LogP contribution in [-0.2, 0) is 10.0 Å². The highest BCUT2D eigenvalue weighted by Gasteiger charge is 2.20. The summed E-state index contributed by atoms with van der Waals surface area (Å²) in [6.45, 7) is 0. The first-order valence-corrected chi connectivity index (χ1v) is 9.08. The first-order chi connectivity index (χ1) is 12.3. The van der Waals surface area contributed by atoms with Crippen LogP contribution in [0.2, 0.25) is 5.02 Å². The van der Waals surface area contributed by atoms with Gasteiger partial charge in [0.25, 0.3) is 10.0 Å². The first kappa shape index (κ1) is 17.8. The molecule has 0 atom stereocenters. The van der Waals surface area contributed by atoms with E-state index in [9.17, 15) is 18.3 Å². The molecule has 0 amide bonds. The summed E-state index contributed by atoms with van der Waals surface area (Å²) < 4.78 is 28.7. The van der Waals surface area contributed by atoms with Crippen LogP contribution in [0, 0.1) is 0 Å². The fraction of sp³-hybridized carbons (Fsp3) is 0. The van der Waals surface area contributed by atoms with Crippen molar-refractivity contribution in [2.75, 3.05) is 10.5 Å². The summed E-state index contributed by atoms with van der Waals surface area (Å²) in [6, 6.07) is 10.5. The standard InChI is InChI=1S/C16H13ClN4O4S/c17-10-1-4-12(5-2-10)21-9-13(8-19-21)26(24,25)20-15-6-3-11(18)7-14(15)16(22)23/h1-9,20H,18H2,(H,22,23). The largest absolute Gasteiger partial charge is 0.478 e. The van der Waals surface area contributed by atoms with Crippen LogP contribution in [0.5, 0.6) is 0 Å². The molecule has 0 fully saturated rings. The number of halogens is 1. The number of anilines is 2. The Balaban J connectivity index is 1.93. The van der Waals surface area contributed by atoms with Gasteiger partial charge in [-0.1, -0.05) is 11.6 Å². The van der Waals surface area contributed by atoms with E-state index in [0.29, 0.717) is 10.7 Å². The molecule has 8 nitrogen and oxygen atoms in total. The zero-order valence-corrected chi connectivity index (χ0v) is 14.7. The third-order valence-corrected chi connectivity index (χ3v) is 5.05. The van der Waals surface area contributed by atoms with Crippen molar-refractivity contribution >= 4 is 39.0 Å². The number of aromatic nitrogens is 2. The van der Waals surface area contributed by atoms with Crippen molar-refractivity contribution in [3.63, 3.8) is 0 Å². The molecule has 2 aromatic carbocycles. The van der Waals surface area contributed by atoms with E-state index in [2.05, 4.69) is 9.82 Å². The molecule has 26 heavy (non-hydrogen) atoms. The van der Waals surface area contributed by atoms with Gasteiger partial charge in [-0.25, -0.2) is 17.9 Å². The lowest BCUT2D eigenvalue weighted by molar-refractivity contribution is 0.0698. The number of carbonyl (C=O) groups is 1. The van der Waals surface area contributed by atoms with E-state index in [-0.39, 0.29) is 21.8 Å². The summed E-state index contributed by atoms with van der Waals surface area (Å²) in [5.41, 5.74) is 6.04. The molecule has 0 aliphatic carbocycles. The lowest BCUT2D eigenvalue weighted by atomic mass is 10.1. The van der Waals surface area contributed by atoms with Gasteiger partial charge in [0.1, 0.15) is 4.90 Å². The predicted molar refractivity (Wildman–Crippen MR) is 97.2 cm³/mol. The van der Waals surface area contributed by atoms with E-state index in [1.54, 1.807) is 24.3 Å². The van der Waals surface area contributed by atoms with Crippen LogP contribution in [0.15, 0.2) is 59.8 Å². The Morgan fingerprint density at radius 2 is 1.88 bits per heavy atom. The monoisotopic (exact) mass is 392 g/mol. The van der Waals surface area contributed by atoms with Gasteiger partial charge in [-0.3, -0.25) is 4.72 Å². The zero-order chi connectivity index (χ0) is 18.9. The maximum absolute atomic E-state index is 12.6. The molecule has 0 saturated heterocycles. The average Bonchev–Trinajstić information content (AvgIpc) is 3.08. The van der Waals surface area contributed by atoms with E-state index in [1.165, 1.54) is 29.1 Å². The molecule has 10 heteroatoms. The smallest absolute Gasteiger partial charge is 0.337 e. The number of hydrogen-bond donors (Lipinski definition) is 3. The summed E-state index contributed by atoms with van der Waals surface area (Å²) in [5.74, 6) is -1.30. The van der Waals surface area contributed by atoms with Gasteiger partial charge >= 0.3 is 5.97 Å². The molecule has 3 aromatic rings. The minimum absolute atomic E-state index is 0.0917. The van der Waals surface area contributed by atoms with Crippen LogP contribution in [0.25, 0.3) is 5.69 Å². The minimum atomic E-state index is -4.04. The number of nitrogens with zero attached hydrogens (tertiary/aromatic N) is 2. The van der Waals surface area contributed by atoms with Gasteiger partial charge in [0, 0.05) is 10.7 Å². The molecular weight excluding hydrogens is 380 g/mol. The van der Waals surface area contributed by atoms with Gasteiger partial charge < -0.3 is 10.8 Å². The van der Waals surface area contributed by atoms with Crippen molar-refractivity contribution in [1.82, 2.24) is 9.78 Å². The molecule has 0 bridgehead atoms. The van der Waals surface area contributed by atoms with Crippen molar-refractivity contribution in [3.05, 3.63) is 65.4 Å². The second-order valence-electron chi connectivity index (χ2n) is 5.31. The number of sulfonamides is 1. The molecule has 1 heterocycles. The topological polar surface area (TPSA) is 127 Å². The second-order valence-corrected chi connectivity index (χ2v) is 7.43. The fourth-order valence-electron chi connectivity index (χ4n) is 2.21. The number of hydrogen-bond acceptors (Lipinski definition) is 5. The highest BCUT2D eigenvalue weighted by molar-refractivity contribution is 7.92.